The lowest BCUT2D eigenvalue weighted by molar-refractivity contribution is 0.0315. The molecule has 1 aliphatic rings. The van der Waals surface area contributed by atoms with Crippen molar-refractivity contribution >= 4 is 24.8 Å². The Balaban J connectivity index is 0. The summed E-state index contributed by atoms with van der Waals surface area (Å²) in [6.45, 7) is 9.65. The first-order chi connectivity index (χ1) is 6.24. The van der Waals surface area contributed by atoms with Gasteiger partial charge in [-0.2, -0.15) is 0 Å². The van der Waals surface area contributed by atoms with Gasteiger partial charge >= 0.3 is 0 Å². The van der Waals surface area contributed by atoms with Gasteiger partial charge in [-0.3, -0.25) is 4.90 Å². The van der Waals surface area contributed by atoms with Gasteiger partial charge in [0.1, 0.15) is 0 Å². The molecule has 3 nitrogen and oxygen atoms in total. The summed E-state index contributed by atoms with van der Waals surface area (Å²) in [5.74, 6) is 0.702. The second-order valence-electron chi connectivity index (χ2n) is 4.05. The van der Waals surface area contributed by atoms with E-state index in [0.29, 0.717) is 12.0 Å². The van der Waals surface area contributed by atoms with Crippen molar-refractivity contribution in [2.45, 2.75) is 19.9 Å². The van der Waals surface area contributed by atoms with Crippen LogP contribution >= 0.6 is 24.8 Å². The molecule has 0 aromatic carbocycles. The van der Waals surface area contributed by atoms with Gasteiger partial charge in [-0.05, 0) is 13.0 Å². The number of nitrogens with one attached hydrogen (secondary N) is 1. The van der Waals surface area contributed by atoms with Gasteiger partial charge in [-0.25, -0.2) is 0 Å². The molecule has 5 heteroatoms. The molecule has 15 heavy (non-hydrogen) atoms. The molecule has 0 aliphatic carbocycles. The lowest BCUT2D eigenvalue weighted by Crippen LogP contribution is -2.46. The summed E-state index contributed by atoms with van der Waals surface area (Å²) < 4.78 is 5.31. The number of hydrogen-bond acceptors (Lipinski definition) is 3. The van der Waals surface area contributed by atoms with Crippen LogP contribution in [-0.2, 0) is 4.74 Å². The fraction of sp³-hybridized carbons (Fsp3) is 1.00. The molecule has 1 saturated heterocycles. The fourth-order valence-electron chi connectivity index (χ4n) is 1.70. The van der Waals surface area contributed by atoms with Gasteiger partial charge in [-0.1, -0.05) is 13.8 Å². The van der Waals surface area contributed by atoms with Crippen LogP contribution in [0.5, 0.6) is 0 Å². The molecule has 1 atom stereocenters. The Kier molecular flexibility index (Phi) is 11.5. The standard InChI is InChI=1S/C10H22N2O.2ClH/c1-9(2)10(11-3)8-12-4-6-13-7-5-12;;/h9-11H,4-8H2,1-3H3;2*1H. The van der Waals surface area contributed by atoms with Crippen LogP contribution in [0.2, 0.25) is 0 Å². The summed E-state index contributed by atoms with van der Waals surface area (Å²) >= 11 is 0. The Morgan fingerprint density at radius 2 is 1.73 bits per heavy atom. The summed E-state index contributed by atoms with van der Waals surface area (Å²) in [5.41, 5.74) is 0. The summed E-state index contributed by atoms with van der Waals surface area (Å²) in [5, 5.41) is 3.37. The quantitative estimate of drug-likeness (QED) is 0.826. The van der Waals surface area contributed by atoms with Crippen molar-refractivity contribution in [1.29, 1.82) is 0 Å². The van der Waals surface area contributed by atoms with Crippen LogP contribution in [0, 0.1) is 5.92 Å². The van der Waals surface area contributed by atoms with Crippen LogP contribution in [0.4, 0.5) is 0 Å². The van der Waals surface area contributed by atoms with Crippen LogP contribution in [-0.4, -0.2) is 50.8 Å². The highest BCUT2D eigenvalue weighted by Gasteiger charge is 2.17. The Bertz CT molecular complexity index is 141. The van der Waals surface area contributed by atoms with E-state index in [1.54, 1.807) is 0 Å². The number of ether oxygens (including phenoxy) is 1. The minimum absolute atomic E-state index is 0. The van der Waals surface area contributed by atoms with Crippen LogP contribution in [0.1, 0.15) is 13.8 Å². The third-order valence-electron chi connectivity index (χ3n) is 2.73. The van der Waals surface area contributed by atoms with Gasteiger partial charge in [0, 0.05) is 25.7 Å². The third-order valence-corrected chi connectivity index (χ3v) is 2.73. The van der Waals surface area contributed by atoms with Crippen molar-refractivity contribution in [3.8, 4) is 0 Å². The van der Waals surface area contributed by atoms with Crippen molar-refractivity contribution < 1.29 is 4.74 Å². The molecule has 1 rings (SSSR count). The van der Waals surface area contributed by atoms with Crippen molar-refractivity contribution in [2.24, 2.45) is 5.92 Å². The normalized spacial score (nSPS) is 19.2. The van der Waals surface area contributed by atoms with E-state index in [-0.39, 0.29) is 24.8 Å². The summed E-state index contributed by atoms with van der Waals surface area (Å²) in [6.07, 6.45) is 0. The van der Waals surface area contributed by atoms with Crippen LogP contribution in [0.3, 0.4) is 0 Å². The highest BCUT2D eigenvalue weighted by Crippen LogP contribution is 2.05. The number of nitrogens with zero attached hydrogens (tertiary/aromatic N) is 1. The highest BCUT2D eigenvalue weighted by atomic mass is 35.5. The number of morpholine rings is 1. The molecule has 0 radical (unpaired) electrons. The molecule has 1 N–H and O–H groups in total. The maximum atomic E-state index is 5.31. The second kappa shape index (κ2) is 9.67. The van der Waals surface area contributed by atoms with E-state index in [4.69, 9.17) is 4.74 Å². The molecular weight excluding hydrogens is 235 g/mol. The lowest BCUT2D eigenvalue weighted by atomic mass is 10.0. The van der Waals surface area contributed by atoms with E-state index in [2.05, 4.69) is 24.1 Å². The van der Waals surface area contributed by atoms with Crippen LogP contribution in [0.15, 0.2) is 0 Å². The zero-order valence-electron chi connectivity index (χ0n) is 9.86. The number of halogens is 2. The zero-order chi connectivity index (χ0) is 9.68. The average molecular weight is 259 g/mol. The highest BCUT2D eigenvalue weighted by molar-refractivity contribution is 5.85. The number of likely N-dealkylation sites (N-methyl/N-ethyl adjacent to an activating group) is 1. The van der Waals surface area contributed by atoms with Gasteiger partial charge in [0.05, 0.1) is 13.2 Å². The maximum Gasteiger partial charge on any atom is 0.0594 e. The molecule has 1 fully saturated rings. The Morgan fingerprint density at radius 1 is 1.20 bits per heavy atom. The molecule has 0 aromatic rings. The molecule has 0 bridgehead atoms. The van der Waals surface area contributed by atoms with Crippen LogP contribution in [0.25, 0.3) is 0 Å². The molecular formula is C10H24Cl2N2O. The minimum Gasteiger partial charge on any atom is -0.379 e. The molecule has 1 unspecified atom stereocenters. The molecule has 1 heterocycles. The van der Waals surface area contributed by atoms with E-state index < -0.39 is 0 Å². The van der Waals surface area contributed by atoms with Gasteiger partial charge < -0.3 is 10.1 Å². The van der Waals surface area contributed by atoms with Gasteiger partial charge in [0.25, 0.3) is 0 Å². The monoisotopic (exact) mass is 258 g/mol. The van der Waals surface area contributed by atoms with E-state index >= 15 is 0 Å². The topological polar surface area (TPSA) is 24.5 Å². The largest absolute Gasteiger partial charge is 0.379 e. The smallest absolute Gasteiger partial charge is 0.0594 e. The molecule has 0 aromatic heterocycles. The van der Waals surface area contributed by atoms with E-state index in [1.807, 2.05) is 7.05 Å². The first-order valence-corrected chi connectivity index (χ1v) is 5.21. The maximum absolute atomic E-state index is 5.31. The first-order valence-electron chi connectivity index (χ1n) is 5.21. The van der Waals surface area contributed by atoms with Crippen molar-refractivity contribution in [2.75, 3.05) is 39.9 Å². The molecule has 1 aliphatic heterocycles. The van der Waals surface area contributed by atoms with Crippen molar-refractivity contribution in [3.05, 3.63) is 0 Å². The molecule has 0 saturated carbocycles. The predicted octanol–water partition coefficient (Wildman–Crippen LogP) is 1.41. The van der Waals surface area contributed by atoms with Crippen molar-refractivity contribution in [1.82, 2.24) is 10.2 Å². The van der Waals surface area contributed by atoms with E-state index in [0.717, 1.165) is 32.8 Å². The molecule has 0 amide bonds. The summed E-state index contributed by atoms with van der Waals surface area (Å²) in [4.78, 5) is 2.48. The van der Waals surface area contributed by atoms with Crippen LogP contribution < -0.4 is 5.32 Å². The van der Waals surface area contributed by atoms with Gasteiger partial charge in [0.2, 0.25) is 0 Å². The number of rotatable bonds is 4. The lowest BCUT2D eigenvalue weighted by Gasteiger charge is -2.31. The third kappa shape index (κ3) is 6.59. The Labute approximate surface area is 106 Å². The SMILES string of the molecule is CNC(CN1CCOCC1)C(C)C.Cl.Cl. The molecule has 0 spiro atoms. The summed E-state index contributed by atoms with van der Waals surface area (Å²) in [6, 6.07) is 0.609. The second-order valence-corrected chi connectivity index (χ2v) is 4.05. The average Bonchev–Trinajstić information content (AvgIpc) is 2.15. The zero-order valence-corrected chi connectivity index (χ0v) is 11.5. The first kappa shape index (κ1) is 17.8. The van der Waals surface area contributed by atoms with E-state index in [9.17, 15) is 0 Å². The minimum atomic E-state index is 0. The molecule has 94 valence electrons. The number of hydrogen-bond donors (Lipinski definition) is 1. The van der Waals surface area contributed by atoms with Gasteiger partial charge in [-0.15, -0.1) is 24.8 Å². The van der Waals surface area contributed by atoms with Crippen molar-refractivity contribution in [3.63, 3.8) is 0 Å². The van der Waals surface area contributed by atoms with E-state index in [1.165, 1.54) is 0 Å². The van der Waals surface area contributed by atoms with Gasteiger partial charge in [0.15, 0.2) is 0 Å². The Morgan fingerprint density at radius 3 is 2.13 bits per heavy atom. The Hall–Kier alpha value is 0.460. The predicted molar refractivity (Wildman–Crippen MR) is 69.4 cm³/mol. The summed E-state index contributed by atoms with van der Waals surface area (Å²) in [7, 11) is 2.05. The fourth-order valence-corrected chi connectivity index (χ4v) is 1.70.